The predicted molar refractivity (Wildman–Crippen MR) is 136 cm³/mol. The molecule has 1 saturated heterocycles. The van der Waals surface area contributed by atoms with Crippen LogP contribution in [0.2, 0.25) is 5.02 Å². The fourth-order valence-electron chi connectivity index (χ4n) is 4.52. The van der Waals surface area contributed by atoms with Gasteiger partial charge >= 0.3 is 0 Å². The van der Waals surface area contributed by atoms with Crippen LogP contribution in [-0.4, -0.2) is 46.8 Å². The molecule has 35 heavy (non-hydrogen) atoms. The fraction of sp³-hybridized carbons (Fsp3) is 0.321. The van der Waals surface area contributed by atoms with Gasteiger partial charge in [0, 0.05) is 49.5 Å². The second-order valence-electron chi connectivity index (χ2n) is 8.89. The van der Waals surface area contributed by atoms with Gasteiger partial charge in [0.15, 0.2) is 0 Å². The Labute approximate surface area is 211 Å². The Morgan fingerprint density at radius 3 is 2.54 bits per heavy atom. The molecule has 0 bridgehead atoms. The number of hydrogen-bond donors (Lipinski definition) is 0. The number of ether oxygens (including phenoxy) is 1. The number of aryl methyl sites for hydroxylation is 1. The molecule has 1 fully saturated rings. The molecule has 0 N–H and O–H groups in total. The zero-order valence-electron chi connectivity index (χ0n) is 20.1. The number of halogens is 1. The Morgan fingerprint density at radius 2 is 1.86 bits per heavy atom. The molecular weight excluding hydrogens is 462 g/mol. The van der Waals surface area contributed by atoms with Crippen molar-refractivity contribution in [2.45, 2.75) is 32.9 Å². The number of benzene rings is 2. The van der Waals surface area contributed by atoms with Crippen molar-refractivity contribution in [2.75, 3.05) is 20.2 Å². The van der Waals surface area contributed by atoms with Gasteiger partial charge in [0.1, 0.15) is 5.75 Å². The topological polar surface area (TPSA) is 62.7 Å². The third-order valence-electron chi connectivity index (χ3n) is 6.55. The average Bonchev–Trinajstić information content (AvgIpc) is 2.89. The number of hydrogen-bond acceptors (Lipinski definition) is 4. The molecule has 1 aliphatic rings. The van der Waals surface area contributed by atoms with Crippen LogP contribution < -0.4 is 4.74 Å². The summed E-state index contributed by atoms with van der Waals surface area (Å²) < 4.78 is 5.35. The third-order valence-corrected chi connectivity index (χ3v) is 6.79. The lowest BCUT2D eigenvalue weighted by molar-refractivity contribution is -0.138. The van der Waals surface area contributed by atoms with Gasteiger partial charge < -0.3 is 14.5 Å². The van der Waals surface area contributed by atoms with Crippen molar-refractivity contribution in [3.8, 4) is 5.75 Å². The number of nitrogens with zero attached hydrogens (tertiary/aromatic N) is 3. The molecule has 0 aliphatic carbocycles. The van der Waals surface area contributed by atoms with Crippen LogP contribution in [0.25, 0.3) is 0 Å². The maximum absolute atomic E-state index is 13.7. The van der Waals surface area contributed by atoms with Crippen LogP contribution in [0.1, 0.15) is 39.9 Å². The third kappa shape index (κ3) is 6.01. The smallest absolute Gasteiger partial charge is 0.257 e. The van der Waals surface area contributed by atoms with E-state index >= 15 is 0 Å². The maximum atomic E-state index is 13.7. The Morgan fingerprint density at radius 1 is 1.09 bits per heavy atom. The van der Waals surface area contributed by atoms with Gasteiger partial charge in [0.25, 0.3) is 5.91 Å². The molecular formula is C28H30ClN3O3. The number of piperidine rings is 1. The monoisotopic (exact) mass is 491 g/mol. The Kier molecular flexibility index (Phi) is 8.03. The molecule has 1 aromatic heterocycles. The number of carbonyl (C=O) groups is 2. The highest BCUT2D eigenvalue weighted by Crippen LogP contribution is 2.28. The predicted octanol–water partition coefficient (Wildman–Crippen LogP) is 5.13. The Bertz CT molecular complexity index is 1180. The summed E-state index contributed by atoms with van der Waals surface area (Å²) in [7, 11) is 1.54. The van der Waals surface area contributed by atoms with Gasteiger partial charge in [-0.15, -0.1) is 0 Å². The van der Waals surface area contributed by atoms with Gasteiger partial charge in [0.05, 0.1) is 12.7 Å². The van der Waals surface area contributed by atoms with Gasteiger partial charge in [-0.25, -0.2) is 0 Å². The number of pyridine rings is 1. The highest BCUT2D eigenvalue weighted by atomic mass is 35.5. The zero-order valence-corrected chi connectivity index (χ0v) is 20.9. The van der Waals surface area contributed by atoms with E-state index < -0.39 is 0 Å². The van der Waals surface area contributed by atoms with Crippen molar-refractivity contribution in [3.63, 3.8) is 0 Å². The lowest BCUT2D eigenvalue weighted by Crippen LogP contribution is -2.44. The summed E-state index contributed by atoms with van der Waals surface area (Å²) in [6, 6.07) is 17.1. The summed E-state index contributed by atoms with van der Waals surface area (Å²) in [5.41, 5.74) is 3.73. The molecule has 0 unspecified atom stereocenters. The minimum absolute atomic E-state index is 0.115. The number of carbonyl (C=O) groups excluding carboxylic acids is 2. The molecule has 3 aromatic rings. The van der Waals surface area contributed by atoms with Crippen LogP contribution in [0.4, 0.5) is 0 Å². The van der Waals surface area contributed by atoms with E-state index in [0.717, 1.165) is 16.7 Å². The van der Waals surface area contributed by atoms with E-state index in [1.165, 1.54) is 7.11 Å². The van der Waals surface area contributed by atoms with E-state index in [2.05, 4.69) is 24.0 Å². The van der Waals surface area contributed by atoms with Crippen LogP contribution in [0, 0.1) is 12.8 Å². The van der Waals surface area contributed by atoms with E-state index in [1.807, 2.05) is 29.2 Å². The summed E-state index contributed by atoms with van der Waals surface area (Å²) in [4.78, 5) is 34.7. The van der Waals surface area contributed by atoms with E-state index in [4.69, 9.17) is 16.3 Å². The maximum Gasteiger partial charge on any atom is 0.257 e. The van der Waals surface area contributed by atoms with Crippen molar-refractivity contribution >= 4 is 23.4 Å². The minimum atomic E-state index is -0.138. The van der Waals surface area contributed by atoms with Gasteiger partial charge in [-0.2, -0.15) is 0 Å². The van der Waals surface area contributed by atoms with Crippen molar-refractivity contribution < 1.29 is 14.3 Å². The van der Waals surface area contributed by atoms with Gasteiger partial charge in [-0.3, -0.25) is 14.6 Å². The molecule has 2 amide bonds. The number of aromatic nitrogens is 1. The van der Waals surface area contributed by atoms with Gasteiger partial charge in [0.2, 0.25) is 5.91 Å². The highest BCUT2D eigenvalue weighted by Gasteiger charge is 2.31. The first-order valence-corrected chi connectivity index (χ1v) is 12.2. The SMILES string of the molecule is COc1ccc(Cl)cc1C(=O)N1CCC(C(=O)N(Cc2cccnc2)Cc2ccccc2C)CC1. The molecule has 182 valence electrons. The first-order chi connectivity index (χ1) is 17.0. The first-order valence-electron chi connectivity index (χ1n) is 11.8. The van der Waals surface area contributed by atoms with Crippen LogP contribution in [0.3, 0.4) is 0 Å². The highest BCUT2D eigenvalue weighted by molar-refractivity contribution is 6.31. The summed E-state index contributed by atoms with van der Waals surface area (Å²) >= 11 is 6.12. The fourth-order valence-corrected chi connectivity index (χ4v) is 4.69. The normalized spacial score (nSPS) is 14.0. The molecule has 6 nitrogen and oxygen atoms in total. The number of amides is 2. The molecule has 7 heteroatoms. The molecule has 0 saturated carbocycles. The summed E-state index contributed by atoms with van der Waals surface area (Å²) in [5, 5.41) is 0.487. The lowest BCUT2D eigenvalue weighted by atomic mass is 9.94. The van der Waals surface area contributed by atoms with Crippen molar-refractivity contribution in [1.82, 2.24) is 14.8 Å². The number of likely N-dealkylation sites (tertiary alicyclic amines) is 1. The van der Waals surface area contributed by atoms with E-state index in [0.29, 0.717) is 55.4 Å². The van der Waals surface area contributed by atoms with E-state index in [1.54, 1.807) is 35.5 Å². The summed E-state index contributed by atoms with van der Waals surface area (Å²) in [6.45, 7) is 4.13. The number of rotatable bonds is 7. The first kappa shape index (κ1) is 24.7. The van der Waals surface area contributed by atoms with Crippen molar-refractivity contribution in [1.29, 1.82) is 0 Å². The van der Waals surface area contributed by atoms with Gasteiger partial charge in [-0.1, -0.05) is 41.9 Å². The standard InChI is InChI=1S/C28H30ClN3O3/c1-20-6-3-4-8-23(20)19-32(18-21-7-5-13-30-17-21)27(33)22-11-14-31(15-12-22)28(34)25-16-24(29)9-10-26(25)35-2/h3-10,13,16-17,22H,11-12,14-15,18-19H2,1-2H3. The zero-order chi connectivity index (χ0) is 24.8. The average molecular weight is 492 g/mol. The molecule has 0 atom stereocenters. The molecule has 1 aliphatic heterocycles. The molecule has 0 spiro atoms. The molecule has 2 aromatic carbocycles. The number of methoxy groups -OCH3 is 1. The second-order valence-corrected chi connectivity index (χ2v) is 9.33. The molecule has 0 radical (unpaired) electrons. The molecule has 2 heterocycles. The van der Waals surface area contributed by atoms with Crippen LogP contribution in [0.5, 0.6) is 5.75 Å². The largest absolute Gasteiger partial charge is 0.496 e. The quantitative estimate of drug-likeness (QED) is 0.459. The molecule has 4 rings (SSSR count). The van der Waals surface area contributed by atoms with E-state index in [-0.39, 0.29) is 17.7 Å². The summed E-state index contributed by atoms with van der Waals surface area (Å²) in [6.07, 6.45) is 4.77. The second kappa shape index (κ2) is 11.4. The van der Waals surface area contributed by atoms with Crippen molar-refractivity contribution in [2.24, 2.45) is 5.92 Å². The summed E-state index contributed by atoms with van der Waals surface area (Å²) in [5.74, 6) is 0.353. The Hall–Kier alpha value is -3.38. The minimum Gasteiger partial charge on any atom is -0.496 e. The Balaban J connectivity index is 1.46. The van der Waals surface area contributed by atoms with Crippen LogP contribution in [-0.2, 0) is 17.9 Å². The van der Waals surface area contributed by atoms with Gasteiger partial charge in [-0.05, 0) is 60.7 Å². The van der Waals surface area contributed by atoms with E-state index in [9.17, 15) is 9.59 Å². The van der Waals surface area contributed by atoms with Crippen LogP contribution in [0.15, 0.2) is 67.0 Å². The van der Waals surface area contributed by atoms with Crippen LogP contribution >= 0.6 is 11.6 Å². The lowest BCUT2D eigenvalue weighted by Gasteiger charge is -2.35. The van der Waals surface area contributed by atoms with Crippen molar-refractivity contribution in [3.05, 3.63) is 94.3 Å².